The van der Waals surface area contributed by atoms with Crippen molar-refractivity contribution in [1.29, 1.82) is 0 Å². The Balaban J connectivity index is 1.67. The van der Waals surface area contributed by atoms with Gasteiger partial charge in [-0.15, -0.1) is 0 Å². The standard InChI is InChI=1S/C14H20N4O/c1-15-8-11-9-18(6-7-19-11)10-14-16-12-4-2-3-5-13(12)17-14/h2-5,11,15H,6-10H2,1H3,(H,16,17). The highest BCUT2D eigenvalue weighted by atomic mass is 16.5. The second-order valence-electron chi connectivity index (χ2n) is 4.99. The van der Waals surface area contributed by atoms with Crippen molar-refractivity contribution in [3.8, 4) is 0 Å². The van der Waals surface area contributed by atoms with E-state index < -0.39 is 0 Å². The molecule has 0 bridgehead atoms. The number of ether oxygens (including phenoxy) is 1. The van der Waals surface area contributed by atoms with E-state index in [2.05, 4.69) is 26.3 Å². The molecule has 0 radical (unpaired) electrons. The van der Waals surface area contributed by atoms with E-state index in [9.17, 15) is 0 Å². The van der Waals surface area contributed by atoms with E-state index in [0.29, 0.717) is 0 Å². The third-order valence-corrected chi connectivity index (χ3v) is 3.47. The summed E-state index contributed by atoms with van der Waals surface area (Å²) in [5.74, 6) is 1.03. The Labute approximate surface area is 113 Å². The first kappa shape index (κ1) is 12.6. The molecule has 1 aliphatic rings. The number of hydrogen-bond donors (Lipinski definition) is 2. The van der Waals surface area contributed by atoms with Crippen LogP contribution in [-0.4, -0.2) is 54.3 Å². The zero-order valence-corrected chi connectivity index (χ0v) is 11.2. The minimum Gasteiger partial charge on any atom is -0.374 e. The maximum Gasteiger partial charge on any atom is 0.121 e. The number of nitrogens with zero attached hydrogens (tertiary/aromatic N) is 2. The van der Waals surface area contributed by atoms with Crippen molar-refractivity contribution in [3.05, 3.63) is 30.1 Å². The highest BCUT2D eigenvalue weighted by Gasteiger charge is 2.20. The maximum atomic E-state index is 5.71. The number of imidazole rings is 1. The largest absolute Gasteiger partial charge is 0.374 e. The van der Waals surface area contributed by atoms with Crippen LogP contribution < -0.4 is 5.32 Å². The number of aromatic nitrogens is 2. The van der Waals surface area contributed by atoms with Crippen LogP contribution in [-0.2, 0) is 11.3 Å². The highest BCUT2D eigenvalue weighted by molar-refractivity contribution is 5.74. The molecule has 1 aromatic carbocycles. The van der Waals surface area contributed by atoms with Gasteiger partial charge in [-0.3, -0.25) is 4.90 Å². The third-order valence-electron chi connectivity index (χ3n) is 3.47. The van der Waals surface area contributed by atoms with Crippen molar-refractivity contribution in [2.24, 2.45) is 0 Å². The van der Waals surface area contributed by atoms with Gasteiger partial charge in [-0.2, -0.15) is 0 Å². The molecule has 5 heteroatoms. The topological polar surface area (TPSA) is 53.2 Å². The Morgan fingerprint density at radius 3 is 3.21 bits per heavy atom. The quantitative estimate of drug-likeness (QED) is 0.860. The summed E-state index contributed by atoms with van der Waals surface area (Å²) in [5.41, 5.74) is 2.15. The highest BCUT2D eigenvalue weighted by Crippen LogP contribution is 2.13. The summed E-state index contributed by atoms with van der Waals surface area (Å²) in [7, 11) is 1.96. The van der Waals surface area contributed by atoms with Crippen molar-refractivity contribution >= 4 is 11.0 Å². The smallest absolute Gasteiger partial charge is 0.121 e. The Kier molecular flexibility index (Phi) is 3.77. The van der Waals surface area contributed by atoms with Crippen LogP contribution in [0.3, 0.4) is 0 Å². The van der Waals surface area contributed by atoms with E-state index in [1.165, 1.54) is 0 Å². The van der Waals surface area contributed by atoms with Gasteiger partial charge in [-0.1, -0.05) is 12.1 Å². The Morgan fingerprint density at radius 1 is 1.47 bits per heavy atom. The molecule has 19 heavy (non-hydrogen) atoms. The fourth-order valence-corrected chi connectivity index (χ4v) is 2.57. The number of morpholine rings is 1. The van der Waals surface area contributed by atoms with Crippen molar-refractivity contribution < 1.29 is 4.74 Å². The molecule has 1 saturated heterocycles. The number of aromatic amines is 1. The number of fused-ring (bicyclic) bond motifs is 1. The lowest BCUT2D eigenvalue weighted by atomic mass is 10.2. The molecule has 2 aromatic rings. The van der Waals surface area contributed by atoms with E-state index in [-0.39, 0.29) is 6.10 Å². The second-order valence-corrected chi connectivity index (χ2v) is 4.99. The van der Waals surface area contributed by atoms with Gasteiger partial charge in [0, 0.05) is 19.6 Å². The molecule has 0 saturated carbocycles. The normalized spacial score (nSPS) is 21.0. The van der Waals surface area contributed by atoms with E-state index >= 15 is 0 Å². The predicted octanol–water partition coefficient (Wildman–Crippen LogP) is 0.983. The van der Waals surface area contributed by atoms with E-state index in [1.807, 2.05) is 25.2 Å². The summed E-state index contributed by atoms with van der Waals surface area (Å²) in [5, 5.41) is 3.17. The number of rotatable bonds is 4. The molecule has 0 amide bonds. The number of nitrogens with one attached hydrogen (secondary N) is 2. The Morgan fingerprint density at radius 2 is 2.37 bits per heavy atom. The lowest BCUT2D eigenvalue weighted by molar-refractivity contribution is -0.0297. The number of benzene rings is 1. The van der Waals surface area contributed by atoms with Crippen LogP contribution in [0.25, 0.3) is 11.0 Å². The first-order valence-corrected chi connectivity index (χ1v) is 6.77. The van der Waals surface area contributed by atoms with Crippen LogP contribution >= 0.6 is 0 Å². The van der Waals surface area contributed by atoms with Gasteiger partial charge in [0.2, 0.25) is 0 Å². The summed E-state index contributed by atoms with van der Waals surface area (Å²) in [6.45, 7) is 4.48. The minimum absolute atomic E-state index is 0.281. The van der Waals surface area contributed by atoms with Crippen LogP contribution in [0.4, 0.5) is 0 Å². The van der Waals surface area contributed by atoms with Crippen LogP contribution in [0.5, 0.6) is 0 Å². The molecule has 5 nitrogen and oxygen atoms in total. The summed E-state index contributed by atoms with van der Waals surface area (Å²) in [6, 6.07) is 8.15. The zero-order valence-electron chi connectivity index (χ0n) is 11.2. The molecule has 2 heterocycles. The van der Waals surface area contributed by atoms with Crippen LogP contribution in [0.2, 0.25) is 0 Å². The van der Waals surface area contributed by atoms with Crippen LogP contribution in [0.15, 0.2) is 24.3 Å². The lowest BCUT2D eigenvalue weighted by Crippen LogP contribution is -2.45. The first-order valence-electron chi connectivity index (χ1n) is 6.77. The number of para-hydroxylation sites is 2. The monoisotopic (exact) mass is 260 g/mol. The predicted molar refractivity (Wildman–Crippen MR) is 75.0 cm³/mol. The van der Waals surface area contributed by atoms with Crippen molar-refractivity contribution in [2.45, 2.75) is 12.6 Å². The van der Waals surface area contributed by atoms with E-state index in [1.54, 1.807) is 0 Å². The molecule has 1 atom stereocenters. The summed E-state index contributed by atoms with van der Waals surface area (Å²) >= 11 is 0. The Bertz CT molecular complexity index is 504. The summed E-state index contributed by atoms with van der Waals surface area (Å²) in [6.07, 6.45) is 0.281. The first-order chi connectivity index (χ1) is 9.35. The lowest BCUT2D eigenvalue weighted by Gasteiger charge is -2.32. The Hall–Kier alpha value is -1.43. The molecule has 1 fully saturated rings. The average Bonchev–Trinajstić information content (AvgIpc) is 2.81. The fraction of sp³-hybridized carbons (Fsp3) is 0.500. The van der Waals surface area contributed by atoms with Gasteiger partial charge in [-0.25, -0.2) is 4.98 Å². The molecule has 3 rings (SSSR count). The van der Waals surface area contributed by atoms with Crippen LogP contribution in [0, 0.1) is 0 Å². The minimum atomic E-state index is 0.281. The molecule has 2 N–H and O–H groups in total. The molecular formula is C14H20N4O. The fourth-order valence-electron chi connectivity index (χ4n) is 2.57. The van der Waals surface area contributed by atoms with Crippen LogP contribution in [0.1, 0.15) is 5.82 Å². The van der Waals surface area contributed by atoms with Crippen molar-refractivity contribution in [2.75, 3.05) is 33.3 Å². The van der Waals surface area contributed by atoms with Gasteiger partial charge >= 0.3 is 0 Å². The van der Waals surface area contributed by atoms with Gasteiger partial charge in [0.25, 0.3) is 0 Å². The summed E-state index contributed by atoms with van der Waals surface area (Å²) in [4.78, 5) is 10.4. The third kappa shape index (κ3) is 2.94. The summed E-state index contributed by atoms with van der Waals surface area (Å²) < 4.78 is 5.71. The zero-order chi connectivity index (χ0) is 13.1. The van der Waals surface area contributed by atoms with Gasteiger partial charge in [0.15, 0.2) is 0 Å². The molecule has 1 aliphatic heterocycles. The number of likely N-dealkylation sites (N-methyl/N-ethyl adjacent to an activating group) is 1. The van der Waals surface area contributed by atoms with Gasteiger partial charge in [-0.05, 0) is 19.2 Å². The molecule has 0 spiro atoms. The van der Waals surface area contributed by atoms with Gasteiger partial charge < -0.3 is 15.0 Å². The van der Waals surface area contributed by atoms with Gasteiger partial charge in [0.1, 0.15) is 5.82 Å². The molecule has 1 unspecified atom stereocenters. The maximum absolute atomic E-state index is 5.71. The average molecular weight is 260 g/mol. The van der Waals surface area contributed by atoms with E-state index in [4.69, 9.17) is 4.74 Å². The van der Waals surface area contributed by atoms with Gasteiger partial charge in [0.05, 0.1) is 30.3 Å². The molecule has 0 aliphatic carbocycles. The van der Waals surface area contributed by atoms with Crippen molar-refractivity contribution in [1.82, 2.24) is 20.2 Å². The molecular weight excluding hydrogens is 240 g/mol. The number of hydrogen-bond acceptors (Lipinski definition) is 4. The molecule has 1 aromatic heterocycles. The van der Waals surface area contributed by atoms with Crippen molar-refractivity contribution in [3.63, 3.8) is 0 Å². The SMILES string of the molecule is CNCC1CN(Cc2nc3ccccc3[nH]2)CCO1. The van der Waals surface area contributed by atoms with E-state index in [0.717, 1.165) is 49.6 Å². The second kappa shape index (κ2) is 5.69. The molecule has 102 valence electrons. The number of H-pyrrole nitrogens is 1.